The number of hydrogen-bond acceptors (Lipinski definition) is 6. The Morgan fingerprint density at radius 2 is 2.00 bits per heavy atom. The van der Waals surface area contributed by atoms with Crippen molar-refractivity contribution < 1.29 is 14.4 Å². The van der Waals surface area contributed by atoms with E-state index in [1.807, 2.05) is 25.1 Å². The molecule has 0 spiro atoms. The summed E-state index contributed by atoms with van der Waals surface area (Å²) < 4.78 is 12.6. The van der Waals surface area contributed by atoms with Crippen LogP contribution in [0.2, 0.25) is 0 Å². The van der Waals surface area contributed by atoms with Crippen molar-refractivity contribution in [3.05, 3.63) is 57.6 Å². The van der Waals surface area contributed by atoms with Gasteiger partial charge in [0.25, 0.3) is 5.69 Å². The fourth-order valence-corrected chi connectivity index (χ4v) is 3.50. The Balaban J connectivity index is 1.91. The topological polar surface area (TPSA) is 91.5 Å². The first-order chi connectivity index (χ1) is 13.5. The molecule has 0 bridgehead atoms. The van der Waals surface area contributed by atoms with Gasteiger partial charge in [0.1, 0.15) is 23.0 Å². The van der Waals surface area contributed by atoms with Crippen LogP contribution in [0.3, 0.4) is 0 Å². The van der Waals surface area contributed by atoms with E-state index in [2.05, 4.69) is 5.32 Å². The number of non-ortho nitro benzene ring substituents is 1. The number of ether oxygens (including phenoxy) is 2. The van der Waals surface area contributed by atoms with E-state index in [4.69, 9.17) is 14.6 Å². The number of rotatable bonds is 5. The third kappa shape index (κ3) is 2.83. The lowest BCUT2D eigenvalue weighted by Gasteiger charge is -2.10. The number of hydrogen-bond donors (Lipinski definition) is 1. The van der Waals surface area contributed by atoms with Crippen LogP contribution < -0.4 is 14.8 Å². The molecule has 0 amide bonds. The Kier molecular flexibility index (Phi) is 4.38. The summed E-state index contributed by atoms with van der Waals surface area (Å²) in [5.74, 6) is 2.22. The summed E-state index contributed by atoms with van der Waals surface area (Å²) in [5, 5.41) is 19.4. The smallest absolute Gasteiger partial charge is 0.271 e. The maximum absolute atomic E-state index is 11.2. The lowest BCUT2D eigenvalue weighted by atomic mass is 10.1. The summed E-state index contributed by atoms with van der Waals surface area (Å²) >= 11 is 0. The number of methoxy groups -OCH3 is 2. The first kappa shape index (κ1) is 17.8. The zero-order valence-electron chi connectivity index (χ0n) is 15.9. The molecule has 0 fully saturated rings. The van der Waals surface area contributed by atoms with Crippen LogP contribution in [0.5, 0.6) is 11.5 Å². The number of anilines is 1. The predicted octanol–water partition coefficient (Wildman–Crippen LogP) is 3.74. The highest BCUT2D eigenvalue weighted by Crippen LogP contribution is 2.40. The number of nitrogens with zero attached hydrogens (tertiary/aromatic N) is 3. The van der Waals surface area contributed by atoms with Crippen LogP contribution in [0.4, 0.5) is 11.5 Å². The monoisotopic (exact) mass is 380 g/mol. The van der Waals surface area contributed by atoms with Crippen LogP contribution in [-0.2, 0) is 6.42 Å². The van der Waals surface area contributed by atoms with Crippen LogP contribution >= 0.6 is 0 Å². The summed E-state index contributed by atoms with van der Waals surface area (Å²) in [4.78, 5) is 10.8. The molecule has 1 aliphatic heterocycles. The third-order valence-corrected chi connectivity index (χ3v) is 4.95. The molecule has 0 saturated carbocycles. The Morgan fingerprint density at radius 3 is 2.71 bits per heavy atom. The summed E-state index contributed by atoms with van der Waals surface area (Å²) in [7, 11) is 3.22. The van der Waals surface area contributed by atoms with Gasteiger partial charge in [-0.2, -0.15) is 5.10 Å². The lowest BCUT2D eigenvalue weighted by Crippen LogP contribution is -2.06. The second kappa shape index (κ2) is 6.88. The van der Waals surface area contributed by atoms with Crippen LogP contribution in [-0.4, -0.2) is 35.5 Å². The highest BCUT2D eigenvalue weighted by Gasteiger charge is 2.27. The van der Waals surface area contributed by atoms with Gasteiger partial charge in [-0.05, 0) is 31.0 Å². The molecule has 0 aliphatic carbocycles. The summed E-state index contributed by atoms with van der Waals surface area (Å²) in [6, 6.07) is 10.4. The maximum atomic E-state index is 11.2. The minimum atomic E-state index is -0.395. The molecule has 0 unspecified atom stereocenters. The number of benzene rings is 2. The maximum Gasteiger partial charge on any atom is 0.271 e. The molecular formula is C20H20N4O4. The molecule has 8 heteroatoms. The summed E-state index contributed by atoms with van der Waals surface area (Å²) in [5.41, 5.74) is 4.33. The Bertz CT molecular complexity index is 1070. The van der Waals surface area contributed by atoms with Gasteiger partial charge in [-0.1, -0.05) is 6.07 Å². The fourth-order valence-electron chi connectivity index (χ4n) is 3.50. The van der Waals surface area contributed by atoms with E-state index in [9.17, 15) is 10.1 Å². The van der Waals surface area contributed by atoms with Crippen molar-refractivity contribution in [3.8, 4) is 28.4 Å². The van der Waals surface area contributed by atoms with E-state index in [0.29, 0.717) is 17.2 Å². The summed E-state index contributed by atoms with van der Waals surface area (Å²) in [6.45, 7) is 2.70. The molecule has 0 saturated heterocycles. The first-order valence-electron chi connectivity index (χ1n) is 8.87. The van der Waals surface area contributed by atoms with Crippen LogP contribution in [0.1, 0.15) is 11.1 Å². The van der Waals surface area contributed by atoms with Gasteiger partial charge in [0.05, 0.1) is 24.8 Å². The number of nitrogens with one attached hydrogen (secondary N) is 1. The number of aryl methyl sites for hydroxylation is 1. The van der Waals surface area contributed by atoms with Crippen LogP contribution in [0.25, 0.3) is 16.9 Å². The van der Waals surface area contributed by atoms with E-state index in [1.54, 1.807) is 31.0 Å². The molecule has 1 aromatic heterocycles. The quantitative estimate of drug-likeness (QED) is 0.535. The lowest BCUT2D eigenvalue weighted by molar-refractivity contribution is -0.384. The van der Waals surface area contributed by atoms with Gasteiger partial charge >= 0.3 is 0 Å². The molecule has 0 radical (unpaired) electrons. The number of nitro groups is 1. The summed E-state index contributed by atoms with van der Waals surface area (Å²) in [6.07, 6.45) is 0.813. The molecular weight excluding hydrogens is 360 g/mol. The van der Waals surface area contributed by atoms with Crippen molar-refractivity contribution >= 4 is 11.5 Å². The Labute approximate surface area is 161 Å². The van der Waals surface area contributed by atoms with Crippen molar-refractivity contribution in [2.75, 3.05) is 26.1 Å². The molecule has 144 valence electrons. The van der Waals surface area contributed by atoms with Gasteiger partial charge in [-0.25, -0.2) is 4.68 Å². The van der Waals surface area contributed by atoms with Crippen molar-refractivity contribution in [2.24, 2.45) is 0 Å². The molecule has 2 heterocycles. The zero-order chi connectivity index (χ0) is 19.8. The van der Waals surface area contributed by atoms with Crippen LogP contribution in [0, 0.1) is 17.0 Å². The number of nitro benzene ring substituents is 1. The van der Waals surface area contributed by atoms with Crippen molar-refractivity contribution in [1.82, 2.24) is 9.78 Å². The average molecular weight is 380 g/mol. The van der Waals surface area contributed by atoms with Crippen molar-refractivity contribution in [1.29, 1.82) is 0 Å². The molecule has 3 aromatic rings. The second-order valence-corrected chi connectivity index (χ2v) is 6.56. The van der Waals surface area contributed by atoms with Crippen molar-refractivity contribution in [2.45, 2.75) is 13.3 Å². The molecule has 1 N–H and O–H groups in total. The predicted molar refractivity (Wildman–Crippen MR) is 106 cm³/mol. The van der Waals surface area contributed by atoms with Gasteiger partial charge in [-0.3, -0.25) is 10.1 Å². The average Bonchev–Trinajstić information content (AvgIpc) is 3.30. The van der Waals surface area contributed by atoms with Crippen molar-refractivity contribution in [3.63, 3.8) is 0 Å². The molecule has 1 aliphatic rings. The van der Waals surface area contributed by atoms with Gasteiger partial charge < -0.3 is 14.8 Å². The number of aromatic nitrogens is 2. The standard InChI is InChI=1S/C20H20N4O4/c1-12-4-5-13(24(25)26)10-17(12)23-20-16(8-9-21-20)19(22-23)15-7-6-14(27-2)11-18(15)28-3/h4-7,10-11,21H,8-9H2,1-3H3. The van der Waals surface area contributed by atoms with E-state index in [0.717, 1.165) is 41.2 Å². The highest BCUT2D eigenvalue weighted by molar-refractivity contribution is 5.77. The molecule has 28 heavy (non-hydrogen) atoms. The minimum absolute atomic E-state index is 0.0337. The van der Waals surface area contributed by atoms with Gasteiger partial charge in [0.15, 0.2) is 0 Å². The fraction of sp³-hybridized carbons (Fsp3) is 0.250. The molecule has 4 rings (SSSR count). The second-order valence-electron chi connectivity index (χ2n) is 6.56. The third-order valence-electron chi connectivity index (χ3n) is 4.95. The van der Waals surface area contributed by atoms with E-state index >= 15 is 0 Å². The van der Waals surface area contributed by atoms with E-state index in [1.165, 1.54) is 6.07 Å². The van der Waals surface area contributed by atoms with E-state index in [-0.39, 0.29) is 5.69 Å². The van der Waals surface area contributed by atoms with Gasteiger partial charge in [0.2, 0.25) is 0 Å². The normalized spacial score (nSPS) is 12.4. The minimum Gasteiger partial charge on any atom is -0.497 e. The SMILES string of the molecule is COc1ccc(-c2nn(-c3cc([N+](=O)[O-])ccc3C)c3c2CCN3)c(OC)c1. The van der Waals surface area contributed by atoms with Crippen LogP contribution in [0.15, 0.2) is 36.4 Å². The zero-order valence-corrected chi connectivity index (χ0v) is 15.9. The molecule has 0 atom stereocenters. The van der Waals surface area contributed by atoms with Gasteiger partial charge in [-0.15, -0.1) is 0 Å². The molecule has 2 aromatic carbocycles. The Morgan fingerprint density at radius 1 is 1.18 bits per heavy atom. The molecule has 8 nitrogen and oxygen atoms in total. The van der Waals surface area contributed by atoms with Gasteiger partial charge in [0, 0.05) is 35.9 Å². The largest absolute Gasteiger partial charge is 0.497 e. The first-order valence-corrected chi connectivity index (χ1v) is 8.87. The Hall–Kier alpha value is -3.55. The highest BCUT2D eigenvalue weighted by atomic mass is 16.6. The number of fused-ring (bicyclic) bond motifs is 1. The van der Waals surface area contributed by atoms with E-state index < -0.39 is 4.92 Å².